The minimum atomic E-state index is -0.138. The maximum Gasteiger partial charge on any atom is 0.277 e. The number of para-hydroxylation sites is 1. The molecule has 0 spiro atoms. The van der Waals surface area contributed by atoms with Crippen LogP contribution in [-0.4, -0.2) is 20.2 Å². The summed E-state index contributed by atoms with van der Waals surface area (Å²) in [5.41, 5.74) is 3.54. The summed E-state index contributed by atoms with van der Waals surface area (Å²) in [4.78, 5) is 19.6. The monoisotopic (exact) mass is 364 g/mol. The maximum atomic E-state index is 12.2. The first-order valence-corrected chi connectivity index (χ1v) is 9.11. The third-order valence-electron chi connectivity index (χ3n) is 4.10. The second kappa shape index (κ2) is 6.76. The van der Waals surface area contributed by atoms with Gasteiger partial charge in [0.1, 0.15) is 5.82 Å². The average Bonchev–Trinajstić information content (AvgIpc) is 3.10. The molecule has 2 aromatic carbocycles. The number of rotatable bonds is 4. The van der Waals surface area contributed by atoms with Crippen molar-refractivity contribution in [2.45, 2.75) is 24.8 Å². The number of hydrogen-bond donors (Lipinski definition) is 1. The molecule has 0 atom stereocenters. The van der Waals surface area contributed by atoms with Gasteiger partial charge in [-0.2, -0.15) is 0 Å². The minimum Gasteiger partial charge on any atom is -0.411 e. The number of fused-ring (bicyclic) bond motifs is 1. The number of nitrogens with one attached hydrogen (secondary N) is 1. The third kappa shape index (κ3) is 3.13. The summed E-state index contributed by atoms with van der Waals surface area (Å²) >= 11 is 1.35. The van der Waals surface area contributed by atoms with E-state index in [1.807, 2.05) is 50.2 Å². The van der Waals surface area contributed by atoms with E-state index < -0.39 is 0 Å². The molecule has 2 aromatic heterocycles. The number of aryl methyl sites for hydroxylation is 2. The van der Waals surface area contributed by atoms with Crippen LogP contribution in [0.3, 0.4) is 0 Å². The fourth-order valence-corrected chi connectivity index (χ4v) is 3.37. The Morgan fingerprint density at radius 3 is 2.69 bits per heavy atom. The average molecular weight is 364 g/mol. The predicted octanol–water partition coefficient (Wildman–Crippen LogP) is 3.88. The van der Waals surface area contributed by atoms with Crippen molar-refractivity contribution in [1.82, 2.24) is 20.2 Å². The van der Waals surface area contributed by atoms with Crippen molar-refractivity contribution in [2.24, 2.45) is 0 Å². The van der Waals surface area contributed by atoms with E-state index in [0.717, 1.165) is 22.2 Å². The summed E-state index contributed by atoms with van der Waals surface area (Å²) in [6.45, 7) is 3.94. The van der Waals surface area contributed by atoms with Gasteiger partial charge in [-0.25, -0.2) is 4.98 Å². The number of nitrogens with zero attached hydrogens (tertiary/aromatic N) is 3. The molecule has 130 valence electrons. The Bertz CT molecular complexity index is 1150. The maximum absolute atomic E-state index is 12.2. The van der Waals surface area contributed by atoms with Crippen molar-refractivity contribution in [3.63, 3.8) is 0 Å². The smallest absolute Gasteiger partial charge is 0.277 e. The van der Waals surface area contributed by atoms with Crippen LogP contribution in [0.5, 0.6) is 0 Å². The molecule has 4 rings (SSSR count). The molecule has 0 amide bonds. The van der Waals surface area contributed by atoms with E-state index in [1.165, 1.54) is 11.8 Å². The first-order valence-electron chi connectivity index (χ1n) is 8.12. The Labute approximate surface area is 153 Å². The molecule has 26 heavy (non-hydrogen) atoms. The van der Waals surface area contributed by atoms with Crippen molar-refractivity contribution in [3.05, 3.63) is 69.8 Å². The van der Waals surface area contributed by atoms with Gasteiger partial charge >= 0.3 is 0 Å². The third-order valence-corrected chi connectivity index (χ3v) is 4.93. The molecule has 2 heterocycles. The molecule has 0 aliphatic heterocycles. The van der Waals surface area contributed by atoms with E-state index in [9.17, 15) is 4.79 Å². The zero-order valence-electron chi connectivity index (χ0n) is 14.3. The number of thioether (sulfide) groups is 1. The van der Waals surface area contributed by atoms with Crippen molar-refractivity contribution < 1.29 is 4.42 Å². The van der Waals surface area contributed by atoms with Crippen LogP contribution in [-0.2, 0) is 5.75 Å². The van der Waals surface area contributed by atoms with Gasteiger partial charge in [0, 0.05) is 5.56 Å². The van der Waals surface area contributed by atoms with E-state index in [1.54, 1.807) is 6.07 Å². The van der Waals surface area contributed by atoms with Crippen LogP contribution in [0.25, 0.3) is 22.4 Å². The molecule has 7 heteroatoms. The molecule has 4 aromatic rings. The van der Waals surface area contributed by atoms with E-state index >= 15 is 0 Å². The highest BCUT2D eigenvalue weighted by Crippen LogP contribution is 2.26. The number of aromatic nitrogens is 4. The minimum absolute atomic E-state index is 0.138. The van der Waals surface area contributed by atoms with Gasteiger partial charge in [-0.15, -0.1) is 10.2 Å². The van der Waals surface area contributed by atoms with E-state index in [0.29, 0.717) is 28.1 Å². The highest BCUT2D eigenvalue weighted by Gasteiger charge is 2.12. The highest BCUT2D eigenvalue weighted by atomic mass is 32.2. The van der Waals surface area contributed by atoms with Crippen LogP contribution >= 0.6 is 11.8 Å². The van der Waals surface area contributed by atoms with Crippen LogP contribution in [0.4, 0.5) is 0 Å². The van der Waals surface area contributed by atoms with Gasteiger partial charge in [-0.1, -0.05) is 42.1 Å². The zero-order chi connectivity index (χ0) is 18.1. The van der Waals surface area contributed by atoms with Crippen molar-refractivity contribution in [1.29, 1.82) is 0 Å². The van der Waals surface area contributed by atoms with Gasteiger partial charge in [0.25, 0.3) is 10.8 Å². The Hall–Kier alpha value is -2.93. The van der Waals surface area contributed by atoms with Crippen LogP contribution in [0.1, 0.15) is 17.0 Å². The van der Waals surface area contributed by atoms with Crippen molar-refractivity contribution in [3.8, 4) is 11.5 Å². The largest absolute Gasteiger partial charge is 0.411 e. The van der Waals surface area contributed by atoms with E-state index in [2.05, 4.69) is 20.2 Å². The second-order valence-corrected chi connectivity index (χ2v) is 6.89. The standard InChI is InChI=1S/C19H16N4O2S/c1-11-6-3-4-8-13(11)18-22-23-19(25-18)26-10-15-20-16-12(2)7-5-9-14(16)17(24)21-15/h3-9H,10H2,1-2H3,(H,20,21,24). The van der Waals surface area contributed by atoms with Crippen LogP contribution in [0, 0.1) is 13.8 Å². The van der Waals surface area contributed by atoms with E-state index in [-0.39, 0.29) is 5.56 Å². The second-order valence-electron chi connectivity index (χ2n) is 5.96. The molecule has 0 aliphatic carbocycles. The summed E-state index contributed by atoms with van der Waals surface area (Å²) in [5.74, 6) is 1.51. The lowest BCUT2D eigenvalue weighted by atomic mass is 10.1. The van der Waals surface area contributed by atoms with Gasteiger partial charge in [0.2, 0.25) is 5.89 Å². The molecule has 0 radical (unpaired) electrons. The zero-order valence-corrected chi connectivity index (χ0v) is 15.1. The lowest BCUT2D eigenvalue weighted by Crippen LogP contribution is -2.11. The Balaban J connectivity index is 1.57. The van der Waals surface area contributed by atoms with Crippen LogP contribution in [0.2, 0.25) is 0 Å². The normalized spacial score (nSPS) is 11.2. The lowest BCUT2D eigenvalue weighted by Gasteiger charge is -2.03. The Morgan fingerprint density at radius 1 is 1.04 bits per heavy atom. The van der Waals surface area contributed by atoms with E-state index in [4.69, 9.17) is 4.42 Å². The van der Waals surface area contributed by atoms with Crippen LogP contribution in [0.15, 0.2) is 56.9 Å². The first kappa shape index (κ1) is 16.5. The summed E-state index contributed by atoms with van der Waals surface area (Å²) in [7, 11) is 0. The SMILES string of the molecule is Cc1ccccc1-c1nnc(SCc2nc3c(C)cccc3c(=O)[nH]2)o1. The molecule has 0 saturated heterocycles. The number of H-pyrrole nitrogens is 1. The van der Waals surface area contributed by atoms with Gasteiger partial charge in [0.15, 0.2) is 0 Å². The summed E-state index contributed by atoms with van der Waals surface area (Å²) in [5, 5.41) is 9.23. The fraction of sp³-hybridized carbons (Fsp3) is 0.158. The van der Waals surface area contributed by atoms with Gasteiger partial charge in [0.05, 0.1) is 16.7 Å². The molecule has 0 bridgehead atoms. The molecule has 1 N–H and O–H groups in total. The topological polar surface area (TPSA) is 84.7 Å². The molecule has 0 saturated carbocycles. The van der Waals surface area contributed by atoms with Gasteiger partial charge in [-0.05, 0) is 37.1 Å². The summed E-state index contributed by atoms with van der Waals surface area (Å²) < 4.78 is 5.73. The van der Waals surface area contributed by atoms with Gasteiger partial charge in [-0.3, -0.25) is 4.79 Å². The van der Waals surface area contributed by atoms with Gasteiger partial charge < -0.3 is 9.40 Å². The molecule has 0 fully saturated rings. The predicted molar refractivity (Wildman–Crippen MR) is 101 cm³/mol. The van der Waals surface area contributed by atoms with Crippen molar-refractivity contribution >= 4 is 22.7 Å². The highest BCUT2D eigenvalue weighted by molar-refractivity contribution is 7.98. The molecule has 0 unspecified atom stereocenters. The summed E-state index contributed by atoms with van der Waals surface area (Å²) in [6.07, 6.45) is 0. The Morgan fingerprint density at radius 2 is 1.85 bits per heavy atom. The number of benzene rings is 2. The molecule has 6 nitrogen and oxygen atoms in total. The first-order chi connectivity index (χ1) is 12.6. The lowest BCUT2D eigenvalue weighted by molar-refractivity contribution is 0.465. The molecular weight excluding hydrogens is 348 g/mol. The quantitative estimate of drug-likeness (QED) is 0.553. The van der Waals surface area contributed by atoms with Crippen LogP contribution < -0.4 is 5.56 Å². The van der Waals surface area contributed by atoms with Crippen molar-refractivity contribution in [2.75, 3.05) is 0 Å². The molecular formula is C19H16N4O2S. The molecule has 0 aliphatic rings. The number of aromatic amines is 1. The Kier molecular flexibility index (Phi) is 4.30. The fourth-order valence-electron chi connectivity index (χ4n) is 2.74. The number of hydrogen-bond acceptors (Lipinski definition) is 6. The summed E-state index contributed by atoms with van der Waals surface area (Å²) in [6, 6.07) is 13.4.